The van der Waals surface area contributed by atoms with Gasteiger partial charge >= 0.3 is 54.2 Å². The molecule has 31 nitrogen and oxygen atoms in total. The van der Waals surface area contributed by atoms with E-state index in [4.69, 9.17) is 76.1 Å². The highest BCUT2D eigenvalue weighted by molar-refractivity contribution is 9.10. The molecular formula is C58H81BrFN9O22. The largest absolute Gasteiger partial charge is 0.489 e. The van der Waals surface area contributed by atoms with E-state index < -0.39 is 107 Å². The summed E-state index contributed by atoms with van der Waals surface area (Å²) in [5.41, 5.74) is 21.5. The molecule has 3 aromatic carbocycles. The smallest absolute Gasteiger partial charge is 0.408 e. The molecule has 4 aromatic rings. The first kappa shape index (κ1) is 79.1. The Labute approximate surface area is 532 Å². The summed E-state index contributed by atoms with van der Waals surface area (Å²) < 4.78 is 59.4. The Morgan fingerprint density at radius 3 is 1.10 bits per heavy atom. The van der Waals surface area contributed by atoms with Crippen molar-refractivity contribution in [3.8, 4) is 23.1 Å². The maximum atomic E-state index is 12.9. The number of carboxylic acid groups (broad SMARTS) is 4. The number of anilines is 4. The number of nitrogen functional groups attached to an aromatic ring is 4. The first-order chi connectivity index (χ1) is 41.8. The molecule has 4 atom stereocenters. The number of rotatable bonds is 21. The third kappa shape index (κ3) is 33.8. The molecule has 0 spiro atoms. The van der Waals surface area contributed by atoms with Crippen molar-refractivity contribution in [2.24, 2.45) is 0 Å². The summed E-state index contributed by atoms with van der Waals surface area (Å²) in [5, 5.41) is 45.3. The Hall–Kier alpha value is -9.95. The molecule has 0 aliphatic carbocycles. The second-order valence-electron chi connectivity index (χ2n) is 22.8. The van der Waals surface area contributed by atoms with Gasteiger partial charge in [0.15, 0.2) is 24.2 Å². The van der Waals surface area contributed by atoms with Gasteiger partial charge in [-0.25, -0.2) is 52.5 Å². The van der Waals surface area contributed by atoms with Gasteiger partial charge in [-0.15, -0.1) is 0 Å². The van der Waals surface area contributed by atoms with Crippen LogP contribution in [0.25, 0.3) is 0 Å². The number of methoxy groups -OCH3 is 1. The molecular weight excluding hydrogens is 1270 g/mol. The summed E-state index contributed by atoms with van der Waals surface area (Å²) in [5.74, 6) is -5.43. The van der Waals surface area contributed by atoms with Crippen molar-refractivity contribution in [3.05, 3.63) is 88.3 Å². The van der Waals surface area contributed by atoms with E-state index in [1.165, 1.54) is 31.4 Å². The lowest BCUT2D eigenvalue weighted by molar-refractivity contribution is -0.141. The number of nitrogens with two attached hydrogens (primary N) is 4. The topological polar surface area (TPSA) is 483 Å². The molecule has 0 bridgehead atoms. The first-order valence-corrected chi connectivity index (χ1v) is 27.8. The summed E-state index contributed by atoms with van der Waals surface area (Å²) in [6.45, 7) is 20.4. The van der Waals surface area contributed by atoms with Crippen LogP contribution in [0.3, 0.4) is 0 Å². The predicted molar refractivity (Wildman–Crippen MR) is 330 cm³/mol. The van der Waals surface area contributed by atoms with Crippen molar-refractivity contribution in [3.63, 3.8) is 0 Å². The lowest BCUT2D eigenvalue weighted by Crippen LogP contribution is -2.46. The average molecular weight is 1360 g/mol. The molecule has 504 valence electrons. The van der Waals surface area contributed by atoms with E-state index in [2.05, 4.69) is 46.9 Å². The Morgan fingerprint density at radius 2 is 0.791 bits per heavy atom. The fraction of sp³-hybridized carbons (Fsp3) is 0.448. The second kappa shape index (κ2) is 35.9. The maximum absolute atomic E-state index is 12.9. The number of hydrogen-bond acceptors (Lipinski definition) is 23. The highest BCUT2D eigenvalue weighted by atomic mass is 79.9. The number of alkyl carbamates (subject to hydrolysis) is 4. The molecule has 0 aliphatic rings. The van der Waals surface area contributed by atoms with Crippen LogP contribution in [0.4, 0.5) is 46.3 Å². The number of carbonyl (C=O) groups excluding carboxylic acids is 5. The van der Waals surface area contributed by atoms with Crippen molar-refractivity contribution < 1.29 is 111 Å². The zero-order valence-electron chi connectivity index (χ0n) is 52.6. The molecule has 1 aromatic heterocycles. The van der Waals surface area contributed by atoms with Crippen LogP contribution in [-0.2, 0) is 42.9 Å². The van der Waals surface area contributed by atoms with Gasteiger partial charge in [0, 0.05) is 16.2 Å². The first-order valence-electron chi connectivity index (χ1n) is 27.0. The van der Waals surface area contributed by atoms with Crippen molar-refractivity contribution in [1.82, 2.24) is 26.3 Å². The van der Waals surface area contributed by atoms with Crippen molar-refractivity contribution in [2.45, 2.75) is 137 Å². The molecule has 1 heterocycles. The van der Waals surface area contributed by atoms with E-state index >= 15 is 0 Å². The van der Waals surface area contributed by atoms with Crippen LogP contribution in [0.15, 0.2) is 71.2 Å². The third-order valence-electron chi connectivity index (χ3n) is 9.96. The number of aryl methyl sites for hydroxylation is 1. The number of aliphatic carboxylic acids is 4. The normalized spacial score (nSPS) is 12.3. The summed E-state index contributed by atoms with van der Waals surface area (Å²) in [6, 6.07) is 10.7. The van der Waals surface area contributed by atoms with Crippen molar-refractivity contribution in [2.75, 3.05) is 56.5 Å². The number of esters is 1. The zero-order valence-corrected chi connectivity index (χ0v) is 54.2. The fourth-order valence-electron chi connectivity index (χ4n) is 6.07. The number of nitrogens with one attached hydrogen (secondary N) is 4. The van der Waals surface area contributed by atoms with Crippen molar-refractivity contribution in [1.29, 1.82) is 0 Å². The minimum Gasteiger partial charge on any atom is -0.489 e. The Bertz CT molecular complexity index is 3050. The van der Waals surface area contributed by atoms with Gasteiger partial charge in [0.2, 0.25) is 5.88 Å². The SMILES string of the molecule is CC(C)(C)OC(=O)N[C@@H](COc1ccc(Br)cc1N)C(=O)O.CC(C)(C)OC(=O)N[C@@H](COc1ccc(F)cc1N)C(=O)O.COC(=O)c1ccc(OC[C@H](NC(=O)OC(C)(C)C)C(=O)O)c(N)c1.Cc1ccc(N)c(OC[C@H](NC(=O)OC(C)(C)C)C(=O)O)n1. The molecule has 91 heavy (non-hydrogen) atoms. The van der Waals surface area contributed by atoms with Gasteiger partial charge in [-0.05, 0) is 151 Å². The average Bonchev–Trinajstić information content (AvgIpc) is 1.09. The van der Waals surface area contributed by atoms with Gasteiger partial charge in [0.05, 0.1) is 35.4 Å². The number of nitrogens with zero attached hydrogens (tertiary/aromatic N) is 1. The van der Waals surface area contributed by atoms with Gasteiger partial charge in [0.1, 0.15) is 71.9 Å². The number of pyridine rings is 1. The van der Waals surface area contributed by atoms with Crippen LogP contribution in [0, 0.1) is 12.7 Å². The van der Waals surface area contributed by atoms with Crippen LogP contribution in [-0.4, -0.2) is 160 Å². The van der Waals surface area contributed by atoms with Gasteiger partial charge in [0.25, 0.3) is 0 Å². The van der Waals surface area contributed by atoms with Crippen LogP contribution in [0.1, 0.15) is 99.1 Å². The molecule has 0 radical (unpaired) electrons. The Morgan fingerprint density at radius 1 is 0.473 bits per heavy atom. The Kier molecular flexibility index (Phi) is 31.2. The van der Waals surface area contributed by atoms with Crippen LogP contribution in [0.5, 0.6) is 23.1 Å². The van der Waals surface area contributed by atoms with Crippen LogP contribution >= 0.6 is 15.9 Å². The van der Waals surface area contributed by atoms with E-state index in [-0.39, 0.29) is 66.4 Å². The van der Waals surface area contributed by atoms with Gasteiger partial charge in [-0.2, -0.15) is 0 Å². The highest BCUT2D eigenvalue weighted by Crippen LogP contribution is 2.27. The number of ether oxygens (including phenoxy) is 9. The van der Waals surface area contributed by atoms with Crippen molar-refractivity contribution >= 4 is 92.9 Å². The molecule has 0 saturated heterocycles. The molecule has 0 fully saturated rings. The molecule has 0 saturated carbocycles. The van der Waals surface area contributed by atoms with E-state index in [1.54, 1.807) is 120 Å². The minimum absolute atomic E-state index is 0.0291. The van der Waals surface area contributed by atoms with E-state index in [1.807, 2.05) is 0 Å². The number of benzene rings is 3. The number of carbonyl (C=O) groups is 9. The summed E-state index contributed by atoms with van der Waals surface area (Å²) in [4.78, 5) is 107. The van der Waals surface area contributed by atoms with Crippen LogP contribution in [0.2, 0.25) is 0 Å². The standard InChI is InChI=1S/C16H22N2O7.C14H19BrN2O5.C14H19FN2O5.C14H21N3O5/c1-16(2,3)25-15(22)18-11(13(19)20)8-24-12-6-5-9(7-10(12)17)14(21)23-4;2*1-14(2,3)22-13(20)17-10(12(18)19)7-21-11-5-4-8(15)6-9(11)16;1-8-5-6-9(15)11(16-8)21-7-10(12(18)19)17-13(20)22-14(2,3)4/h5-7,11H,8,17H2,1-4H3,(H,18,22)(H,19,20);2*4-6,10H,7,16H2,1-3H3,(H,17,20)(H,18,19);5-6,10H,7,15H2,1-4H3,(H,17,20)(H,18,19)/t11-;3*10-/m0000/s1. The zero-order chi connectivity index (χ0) is 69.9. The maximum Gasteiger partial charge on any atom is 0.408 e. The summed E-state index contributed by atoms with van der Waals surface area (Å²) in [7, 11) is 1.24. The van der Waals surface area contributed by atoms with Gasteiger partial charge < -0.3 is 107 Å². The van der Waals surface area contributed by atoms with Gasteiger partial charge in [-0.1, -0.05) is 15.9 Å². The number of aromatic nitrogens is 1. The lowest BCUT2D eigenvalue weighted by atomic mass is 10.2. The quantitative estimate of drug-likeness (QED) is 0.0229. The molecule has 4 amide bonds. The predicted octanol–water partition coefficient (Wildman–Crippen LogP) is 6.89. The van der Waals surface area contributed by atoms with E-state index in [0.717, 1.165) is 16.6 Å². The third-order valence-corrected chi connectivity index (χ3v) is 10.5. The number of halogens is 2. The van der Waals surface area contributed by atoms with Crippen LogP contribution < -0.4 is 63.1 Å². The number of carboxylic acids is 4. The molecule has 0 unspecified atom stereocenters. The summed E-state index contributed by atoms with van der Waals surface area (Å²) >= 11 is 3.26. The Balaban J connectivity index is 0.000000608. The lowest BCUT2D eigenvalue weighted by Gasteiger charge is -2.22. The number of amides is 4. The fourth-order valence-corrected chi connectivity index (χ4v) is 6.44. The monoisotopic (exact) mass is 1350 g/mol. The minimum atomic E-state index is -1.34. The molecule has 16 N–H and O–H groups in total. The summed E-state index contributed by atoms with van der Waals surface area (Å²) in [6.07, 6.45) is -3.42. The van der Waals surface area contributed by atoms with E-state index in [0.29, 0.717) is 17.1 Å². The molecule has 4 rings (SSSR count). The second-order valence-corrected chi connectivity index (χ2v) is 23.8. The highest BCUT2D eigenvalue weighted by Gasteiger charge is 2.29. The number of hydrogen-bond donors (Lipinski definition) is 12. The van der Waals surface area contributed by atoms with Gasteiger partial charge in [-0.3, -0.25) is 0 Å². The van der Waals surface area contributed by atoms with E-state index in [9.17, 15) is 52.6 Å². The molecule has 0 aliphatic heterocycles. The molecule has 33 heteroatoms.